The van der Waals surface area contributed by atoms with Gasteiger partial charge in [0, 0.05) is 0 Å². The fourth-order valence-electron chi connectivity index (χ4n) is 2.77. The number of aromatic nitrogens is 4. The van der Waals surface area contributed by atoms with Crippen molar-refractivity contribution in [1.29, 1.82) is 0 Å². The van der Waals surface area contributed by atoms with Crippen LogP contribution in [0.3, 0.4) is 0 Å². The molecule has 0 amide bonds. The van der Waals surface area contributed by atoms with Crippen molar-refractivity contribution in [3.63, 3.8) is 0 Å². The monoisotopic (exact) mass is 306 g/mol. The van der Waals surface area contributed by atoms with E-state index in [0.29, 0.717) is 22.8 Å². The highest BCUT2D eigenvalue weighted by atomic mass is 16.5. The molecular formula is C17H14N4O2. The van der Waals surface area contributed by atoms with Gasteiger partial charge in [0.1, 0.15) is 0 Å². The van der Waals surface area contributed by atoms with Crippen LogP contribution in [-0.4, -0.2) is 31.8 Å². The van der Waals surface area contributed by atoms with Gasteiger partial charge >= 0.3 is 0 Å². The first-order valence-electron chi connectivity index (χ1n) is 7.17. The second-order valence-corrected chi connectivity index (χ2v) is 5.22. The standard InChI is InChI=1S/C17H14N4O2/c1-10-16-19-20-17(11-6-5-9-14(23-2)15(11)22)21(16)13-8-4-3-7-12(13)18-10/h3-9,22H,1-2H3. The van der Waals surface area contributed by atoms with Gasteiger partial charge in [-0.2, -0.15) is 0 Å². The summed E-state index contributed by atoms with van der Waals surface area (Å²) in [6.45, 7) is 1.89. The van der Waals surface area contributed by atoms with Gasteiger partial charge in [0.15, 0.2) is 23.0 Å². The minimum Gasteiger partial charge on any atom is -0.504 e. The number of aryl methyl sites for hydroxylation is 1. The van der Waals surface area contributed by atoms with E-state index >= 15 is 0 Å². The third-order valence-corrected chi connectivity index (χ3v) is 3.86. The van der Waals surface area contributed by atoms with Crippen molar-refractivity contribution in [3.8, 4) is 22.9 Å². The quantitative estimate of drug-likeness (QED) is 0.616. The average Bonchev–Trinajstić information content (AvgIpc) is 3.01. The summed E-state index contributed by atoms with van der Waals surface area (Å²) in [6, 6.07) is 13.1. The Morgan fingerprint density at radius 1 is 1.04 bits per heavy atom. The average molecular weight is 306 g/mol. The zero-order valence-corrected chi connectivity index (χ0v) is 12.7. The molecule has 0 fully saturated rings. The lowest BCUT2D eigenvalue weighted by molar-refractivity contribution is 0.374. The topological polar surface area (TPSA) is 72.5 Å². The largest absolute Gasteiger partial charge is 0.504 e. The number of nitrogens with zero attached hydrogens (tertiary/aromatic N) is 4. The molecule has 4 aromatic rings. The van der Waals surface area contributed by atoms with Crippen molar-refractivity contribution in [1.82, 2.24) is 19.6 Å². The minimum atomic E-state index is 0.0443. The van der Waals surface area contributed by atoms with Crippen molar-refractivity contribution in [2.24, 2.45) is 0 Å². The van der Waals surface area contributed by atoms with Crippen LogP contribution in [0.2, 0.25) is 0 Å². The van der Waals surface area contributed by atoms with Crippen molar-refractivity contribution >= 4 is 16.7 Å². The maximum atomic E-state index is 10.4. The number of phenolic OH excluding ortho intramolecular Hbond substituents is 1. The van der Waals surface area contributed by atoms with E-state index in [9.17, 15) is 5.11 Å². The number of aromatic hydroxyl groups is 1. The fourth-order valence-corrected chi connectivity index (χ4v) is 2.77. The van der Waals surface area contributed by atoms with E-state index in [1.54, 1.807) is 12.1 Å². The van der Waals surface area contributed by atoms with Gasteiger partial charge in [-0.05, 0) is 31.2 Å². The molecule has 6 heteroatoms. The minimum absolute atomic E-state index is 0.0443. The van der Waals surface area contributed by atoms with E-state index in [1.165, 1.54) is 7.11 Å². The predicted molar refractivity (Wildman–Crippen MR) is 86.7 cm³/mol. The number of fused-ring (bicyclic) bond motifs is 3. The Hall–Kier alpha value is -3.15. The number of methoxy groups -OCH3 is 1. The molecule has 0 spiro atoms. The Labute approximate surface area is 132 Å². The first kappa shape index (κ1) is 13.5. The van der Waals surface area contributed by atoms with E-state index in [1.807, 2.05) is 41.7 Å². The smallest absolute Gasteiger partial charge is 0.183 e. The van der Waals surface area contributed by atoms with E-state index in [0.717, 1.165) is 16.7 Å². The molecule has 6 nitrogen and oxygen atoms in total. The molecule has 0 aliphatic carbocycles. The molecule has 0 radical (unpaired) electrons. The van der Waals surface area contributed by atoms with Crippen LogP contribution in [0.25, 0.3) is 28.1 Å². The van der Waals surface area contributed by atoms with Crippen LogP contribution in [0.1, 0.15) is 5.69 Å². The number of benzene rings is 2. The number of para-hydroxylation sites is 3. The molecule has 0 aliphatic rings. The van der Waals surface area contributed by atoms with Crippen molar-refractivity contribution < 1.29 is 9.84 Å². The summed E-state index contributed by atoms with van der Waals surface area (Å²) >= 11 is 0. The second-order valence-electron chi connectivity index (χ2n) is 5.22. The summed E-state index contributed by atoms with van der Waals surface area (Å²) in [7, 11) is 1.52. The van der Waals surface area contributed by atoms with Gasteiger partial charge in [0.25, 0.3) is 0 Å². The summed E-state index contributed by atoms with van der Waals surface area (Å²) in [5.74, 6) is 0.996. The summed E-state index contributed by atoms with van der Waals surface area (Å²) in [5, 5.41) is 18.9. The van der Waals surface area contributed by atoms with Gasteiger partial charge in [-0.1, -0.05) is 18.2 Å². The lowest BCUT2D eigenvalue weighted by Crippen LogP contribution is -1.97. The number of rotatable bonds is 2. The molecule has 0 saturated heterocycles. The Kier molecular flexibility index (Phi) is 2.90. The summed E-state index contributed by atoms with van der Waals surface area (Å²) in [6.07, 6.45) is 0. The van der Waals surface area contributed by atoms with Crippen molar-refractivity contribution in [3.05, 3.63) is 48.2 Å². The Balaban J connectivity index is 2.13. The van der Waals surface area contributed by atoms with Crippen molar-refractivity contribution in [2.75, 3.05) is 7.11 Å². The first-order chi connectivity index (χ1) is 11.2. The van der Waals surface area contributed by atoms with Crippen LogP contribution in [0.5, 0.6) is 11.5 Å². The highest BCUT2D eigenvalue weighted by Crippen LogP contribution is 2.36. The second kappa shape index (κ2) is 4.95. The van der Waals surface area contributed by atoms with Gasteiger partial charge in [-0.25, -0.2) is 4.98 Å². The summed E-state index contributed by atoms with van der Waals surface area (Å²) in [4.78, 5) is 4.56. The lowest BCUT2D eigenvalue weighted by Gasteiger charge is -2.09. The zero-order valence-electron chi connectivity index (χ0n) is 12.7. The van der Waals surface area contributed by atoms with E-state index in [4.69, 9.17) is 4.74 Å². The highest BCUT2D eigenvalue weighted by molar-refractivity contribution is 5.82. The molecule has 114 valence electrons. The maximum absolute atomic E-state index is 10.4. The fraction of sp³-hybridized carbons (Fsp3) is 0.118. The normalized spacial score (nSPS) is 11.2. The van der Waals surface area contributed by atoms with E-state index < -0.39 is 0 Å². The molecular weight excluding hydrogens is 292 g/mol. The third kappa shape index (κ3) is 1.92. The molecule has 2 aromatic carbocycles. The predicted octanol–water partition coefficient (Wildman–Crippen LogP) is 2.97. The Morgan fingerprint density at radius 2 is 1.87 bits per heavy atom. The number of phenols is 1. The number of hydrogen-bond donors (Lipinski definition) is 1. The molecule has 0 atom stereocenters. The maximum Gasteiger partial charge on any atom is 0.183 e. The van der Waals surface area contributed by atoms with Gasteiger partial charge in [-0.15, -0.1) is 10.2 Å². The SMILES string of the molecule is COc1cccc(-c2nnc3c(C)nc4ccccc4n23)c1O. The molecule has 0 bridgehead atoms. The van der Waals surface area contributed by atoms with Crippen LogP contribution in [0.4, 0.5) is 0 Å². The Morgan fingerprint density at radius 3 is 2.70 bits per heavy atom. The summed E-state index contributed by atoms with van der Waals surface area (Å²) < 4.78 is 7.10. The van der Waals surface area contributed by atoms with Crippen LogP contribution in [0, 0.1) is 6.92 Å². The van der Waals surface area contributed by atoms with Crippen LogP contribution < -0.4 is 4.74 Å². The molecule has 1 N–H and O–H groups in total. The number of ether oxygens (including phenoxy) is 1. The zero-order chi connectivity index (χ0) is 16.0. The molecule has 2 heterocycles. The molecule has 4 rings (SSSR count). The molecule has 0 saturated carbocycles. The highest BCUT2D eigenvalue weighted by Gasteiger charge is 2.18. The van der Waals surface area contributed by atoms with Crippen LogP contribution in [0.15, 0.2) is 42.5 Å². The van der Waals surface area contributed by atoms with Gasteiger partial charge in [-0.3, -0.25) is 4.40 Å². The van der Waals surface area contributed by atoms with Crippen molar-refractivity contribution in [2.45, 2.75) is 6.92 Å². The molecule has 2 aromatic heterocycles. The molecule has 0 aliphatic heterocycles. The lowest BCUT2D eigenvalue weighted by atomic mass is 10.1. The first-order valence-corrected chi connectivity index (χ1v) is 7.17. The van der Waals surface area contributed by atoms with E-state index in [-0.39, 0.29) is 5.75 Å². The van der Waals surface area contributed by atoms with Crippen LogP contribution >= 0.6 is 0 Å². The number of hydrogen-bond acceptors (Lipinski definition) is 5. The van der Waals surface area contributed by atoms with Gasteiger partial charge in [0.2, 0.25) is 0 Å². The Bertz CT molecular complexity index is 1040. The molecule has 0 unspecified atom stereocenters. The van der Waals surface area contributed by atoms with Crippen LogP contribution in [-0.2, 0) is 0 Å². The summed E-state index contributed by atoms with van der Waals surface area (Å²) in [5.41, 5.74) is 3.75. The molecule has 23 heavy (non-hydrogen) atoms. The van der Waals surface area contributed by atoms with E-state index in [2.05, 4.69) is 15.2 Å². The third-order valence-electron chi connectivity index (χ3n) is 3.86. The van der Waals surface area contributed by atoms with Gasteiger partial charge in [0.05, 0.1) is 29.4 Å². The van der Waals surface area contributed by atoms with Gasteiger partial charge < -0.3 is 9.84 Å².